The molecule has 0 saturated heterocycles. The van der Waals surface area contributed by atoms with Gasteiger partial charge in [0.15, 0.2) is 0 Å². The van der Waals surface area contributed by atoms with Crippen LogP contribution in [-0.4, -0.2) is 37.6 Å². The van der Waals surface area contributed by atoms with Gasteiger partial charge in [-0.05, 0) is 19.8 Å². The molecule has 1 aliphatic carbocycles. The van der Waals surface area contributed by atoms with Crippen molar-refractivity contribution in [3.8, 4) is 0 Å². The van der Waals surface area contributed by atoms with Crippen molar-refractivity contribution in [1.29, 1.82) is 0 Å². The number of amides is 1. The lowest BCUT2D eigenvalue weighted by atomic mass is 9.95. The van der Waals surface area contributed by atoms with E-state index in [2.05, 4.69) is 10.6 Å². The van der Waals surface area contributed by atoms with Gasteiger partial charge in [0.25, 0.3) is 0 Å². The summed E-state index contributed by atoms with van der Waals surface area (Å²) in [6, 6.07) is 0.320. The number of esters is 1. The van der Waals surface area contributed by atoms with E-state index in [4.69, 9.17) is 4.74 Å². The highest BCUT2D eigenvalue weighted by Crippen LogP contribution is 2.16. The van der Waals surface area contributed by atoms with Crippen LogP contribution in [0.15, 0.2) is 0 Å². The predicted molar refractivity (Wildman–Crippen MR) is 64.5 cm³/mol. The molecule has 0 heterocycles. The molecule has 0 bridgehead atoms. The van der Waals surface area contributed by atoms with Crippen molar-refractivity contribution in [2.75, 3.05) is 19.7 Å². The van der Waals surface area contributed by atoms with Gasteiger partial charge in [0.1, 0.15) is 0 Å². The van der Waals surface area contributed by atoms with E-state index in [1.807, 2.05) is 0 Å². The quantitative estimate of drug-likeness (QED) is 0.669. The largest absolute Gasteiger partial charge is 0.465 e. The summed E-state index contributed by atoms with van der Waals surface area (Å²) in [7, 11) is 0. The fourth-order valence-corrected chi connectivity index (χ4v) is 2.02. The molecule has 0 aromatic heterocycles. The van der Waals surface area contributed by atoms with Gasteiger partial charge in [-0.2, -0.15) is 0 Å². The van der Waals surface area contributed by atoms with Crippen LogP contribution in [0.4, 0.5) is 0 Å². The second kappa shape index (κ2) is 8.06. The van der Waals surface area contributed by atoms with E-state index in [0.29, 0.717) is 12.6 Å². The third kappa shape index (κ3) is 6.26. The predicted octanol–water partition coefficient (Wildman–Crippen LogP) is 0.588. The first-order valence-electron chi connectivity index (χ1n) is 6.38. The molecule has 0 spiro atoms. The lowest BCUT2D eigenvalue weighted by Gasteiger charge is -2.22. The molecule has 1 amide bonds. The zero-order valence-electron chi connectivity index (χ0n) is 10.5. The monoisotopic (exact) mass is 242 g/mol. The van der Waals surface area contributed by atoms with Crippen LogP contribution in [0.5, 0.6) is 0 Å². The Bertz CT molecular complexity index is 250. The van der Waals surface area contributed by atoms with Gasteiger partial charge in [-0.3, -0.25) is 14.9 Å². The third-order valence-electron chi connectivity index (χ3n) is 2.83. The fraction of sp³-hybridized carbons (Fsp3) is 0.833. The Labute approximate surface area is 102 Å². The summed E-state index contributed by atoms with van der Waals surface area (Å²) < 4.78 is 4.74. The summed E-state index contributed by atoms with van der Waals surface area (Å²) in [4.78, 5) is 22.5. The van der Waals surface area contributed by atoms with Crippen LogP contribution >= 0.6 is 0 Å². The van der Waals surface area contributed by atoms with Gasteiger partial charge in [0.05, 0.1) is 19.7 Å². The Kier molecular flexibility index (Phi) is 6.62. The van der Waals surface area contributed by atoms with E-state index >= 15 is 0 Å². The van der Waals surface area contributed by atoms with Crippen LogP contribution in [0.25, 0.3) is 0 Å². The van der Waals surface area contributed by atoms with E-state index < -0.39 is 0 Å². The number of nitrogens with one attached hydrogen (secondary N) is 2. The Morgan fingerprint density at radius 3 is 2.53 bits per heavy atom. The van der Waals surface area contributed by atoms with Crippen molar-refractivity contribution in [3.63, 3.8) is 0 Å². The summed E-state index contributed by atoms with van der Waals surface area (Å²) >= 11 is 0. The first kappa shape index (κ1) is 14.0. The normalized spacial score (nSPS) is 16.5. The third-order valence-corrected chi connectivity index (χ3v) is 2.83. The average molecular weight is 242 g/mol. The van der Waals surface area contributed by atoms with E-state index in [1.165, 1.54) is 19.3 Å². The van der Waals surface area contributed by atoms with E-state index in [0.717, 1.165) is 12.8 Å². The maximum atomic E-state index is 11.5. The molecule has 1 aliphatic rings. The molecule has 0 aromatic carbocycles. The molecule has 0 aliphatic heterocycles. The molecule has 0 unspecified atom stereocenters. The smallest absolute Gasteiger partial charge is 0.319 e. The number of hydrogen-bond acceptors (Lipinski definition) is 4. The minimum Gasteiger partial charge on any atom is -0.465 e. The molecular formula is C12H22N2O3. The Balaban J connectivity index is 2.06. The SMILES string of the molecule is CCOC(=O)CNCC(=O)NC1CCCCC1. The van der Waals surface area contributed by atoms with E-state index in [1.54, 1.807) is 6.92 Å². The first-order valence-corrected chi connectivity index (χ1v) is 6.38. The average Bonchev–Trinajstić information content (AvgIpc) is 2.30. The van der Waals surface area contributed by atoms with Gasteiger partial charge in [-0.25, -0.2) is 0 Å². The van der Waals surface area contributed by atoms with Crippen LogP contribution in [0, 0.1) is 0 Å². The molecule has 2 N–H and O–H groups in total. The lowest BCUT2D eigenvalue weighted by Crippen LogP contribution is -2.42. The molecular weight excluding hydrogens is 220 g/mol. The second-order valence-corrected chi connectivity index (χ2v) is 4.31. The number of carbonyl (C=O) groups is 2. The summed E-state index contributed by atoms with van der Waals surface area (Å²) in [6.07, 6.45) is 5.81. The Hall–Kier alpha value is -1.10. The molecule has 1 rings (SSSR count). The maximum Gasteiger partial charge on any atom is 0.319 e. The minimum absolute atomic E-state index is 0.0406. The van der Waals surface area contributed by atoms with Crippen LogP contribution in [0.1, 0.15) is 39.0 Å². The highest BCUT2D eigenvalue weighted by molar-refractivity contribution is 5.79. The highest BCUT2D eigenvalue weighted by Gasteiger charge is 2.15. The van der Waals surface area contributed by atoms with Gasteiger partial charge in [-0.15, -0.1) is 0 Å². The van der Waals surface area contributed by atoms with Crippen LogP contribution in [0.3, 0.4) is 0 Å². The molecule has 0 radical (unpaired) electrons. The summed E-state index contributed by atoms with van der Waals surface area (Å²) in [5, 5.41) is 5.74. The van der Waals surface area contributed by atoms with Crippen molar-refractivity contribution >= 4 is 11.9 Å². The first-order chi connectivity index (χ1) is 8.22. The Morgan fingerprint density at radius 2 is 1.88 bits per heavy atom. The van der Waals surface area contributed by atoms with Crippen LogP contribution in [0.2, 0.25) is 0 Å². The van der Waals surface area contributed by atoms with Gasteiger partial charge < -0.3 is 10.1 Å². The van der Waals surface area contributed by atoms with E-state index in [9.17, 15) is 9.59 Å². The van der Waals surface area contributed by atoms with Crippen molar-refractivity contribution in [1.82, 2.24) is 10.6 Å². The highest BCUT2D eigenvalue weighted by atomic mass is 16.5. The molecule has 1 saturated carbocycles. The van der Waals surface area contributed by atoms with Crippen LogP contribution < -0.4 is 10.6 Å². The molecule has 0 aromatic rings. The summed E-state index contributed by atoms with van der Waals surface area (Å²) in [6.45, 7) is 2.39. The number of rotatable bonds is 6. The van der Waals surface area contributed by atoms with Gasteiger partial charge >= 0.3 is 5.97 Å². The van der Waals surface area contributed by atoms with Crippen molar-refractivity contribution < 1.29 is 14.3 Å². The maximum absolute atomic E-state index is 11.5. The number of ether oxygens (including phenoxy) is 1. The second-order valence-electron chi connectivity index (χ2n) is 4.31. The lowest BCUT2D eigenvalue weighted by molar-refractivity contribution is -0.142. The molecule has 98 valence electrons. The zero-order chi connectivity index (χ0) is 12.5. The van der Waals surface area contributed by atoms with Crippen molar-refractivity contribution in [2.45, 2.75) is 45.1 Å². The number of carbonyl (C=O) groups excluding carboxylic acids is 2. The standard InChI is InChI=1S/C12H22N2O3/c1-2-17-12(16)9-13-8-11(15)14-10-6-4-3-5-7-10/h10,13H,2-9H2,1H3,(H,14,15). The van der Waals surface area contributed by atoms with Crippen molar-refractivity contribution in [3.05, 3.63) is 0 Å². The van der Waals surface area contributed by atoms with Crippen LogP contribution in [-0.2, 0) is 14.3 Å². The van der Waals surface area contributed by atoms with E-state index in [-0.39, 0.29) is 25.0 Å². The van der Waals surface area contributed by atoms with Gasteiger partial charge in [0, 0.05) is 6.04 Å². The number of hydrogen-bond donors (Lipinski definition) is 2. The molecule has 0 atom stereocenters. The molecule has 1 fully saturated rings. The van der Waals surface area contributed by atoms with Gasteiger partial charge in [0.2, 0.25) is 5.91 Å². The molecule has 5 heteroatoms. The summed E-state index contributed by atoms with van der Waals surface area (Å²) in [5.41, 5.74) is 0. The molecule has 17 heavy (non-hydrogen) atoms. The summed E-state index contributed by atoms with van der Waals surface area (Å²) in [5.74, 6) is -0.362. The minimum atomic E-state index is -0.321. The zero-order valence-corrected chi connectivity index (χ0v) is 10.5. The molecule has 5 nitrogen and oxygen atoms in total. The van der Waals surface area contributed by atoms with Crippen molar-refractivity contribution in [2.24, 2.45) is 0 Å². The topological polar surface area (TPSA) is 67.4 Å². The Morgan fingerprint density at radius 1 is 1.18 bits per heavy atom. The fourth-order valence-electron chi connectivity index (χ4n) is 2.02. The van der Waals surface area contributed by atoms with Gasteiger partial charge in [-0.1, -0.05) is 19.3 Å².